The lowest BCUT2D eigenvalue weighted by Gasteiger charge is -2.28. The van der Waals surface area contributed by atoms with Gasteiger partial charge in [0, 0.05) is 38.6 Å². The quantitative estimate of drug-likeness (QED) is 0.822. The van der Waals surface area contributed by atoms with Crippen LogP contribution in [0.2, 0.25) is 0 Å². The molecule has 17 heavy (non-hydrogen) atoms. The molecule has 0 unspecified atom stereocenters. The summed E-state index contributed by atoms with van der Waals surface area (Å²) >= 11 is 0. The molecule has 3 heterocycles. The number of nitrogens with zero attached hydrogens (tertiary/aromatic N) is 4. The summed E-state index contributed by atoms with van der Waals surface area (Å²) in [5.74, 6) is 1.04. The lowest BCUT2D eigenvalue weighted by molar-refractivity contribution is 0.585. The Balaban J connectivity index is 1.80. The Morgan fingerprint density at radius 3 is 2.71 bits per heavy atom. The van der Waals surface area contributed by atoms with Crippen molar-refractivity contribution in [1.82, 2.24) is 20.1 Å². The minimum atomic E-state index is 0.994. The molecule has 2 aromatic heterocycles. The van der Waals surface area contributed by atoms with Gasteiger partial charge in [-0.05, 0) is 18.2 Å². The van der Waals surface area contributed by atoms with Gasteiger partial charge in [-0.25, -0.2) is 9.67 Å². The van der Waals surface area contributed by atoms with Crippen LogP contribution in [0.25, 0.3) is 5.69 Å². The molecule has 1 fully saturated rings. The molecular weight excluding hydrogens is 214 g/mol. The predicted molar refractivity (Wildman–Crippen MR) is 66.4 cm³/mol. The van der Waals surface area contributed by atoms with Crippen molar-refractivity contribution in [3.05, 3.63) is 36.8 Å². The lowest BCUT2D eigenvalue weighted by Crippen LogP contribution is -2.43. The third kappa shape index (κ3) is 2.14. The van der Waals surface area contributed by atoms with E-state index in [-0.39, 0.29) is 0 Å². The molecule has 5 nitrogen and oxygen atoms in total. The normalized spacial score (nSPS) is 16.1. The van der Waals surface area contributed by atoms with Crippen molar-refractivity contribution < 1.29 is 0 Å². The van der Waals surface area contributed by atoms with Gasteiger partial charge in [0.2, 0.25) is 0 Å². The molecule has 5 heteroatoms. The lowest BCUT2D eigenvalue weighted by atomic mass is 10.3. The highest BCUT2D eigenvalue weighted by Crippen LogP contribution is 2.13. The van der Waals surface area contributed by atoms with Crippen LogP contribution in [0.5, 0.6) is 0 Å². The fourth-order valence-corrected chi connectivity index (χ4v) is 2.02. The molecule has 0 amide bonds. The standard InChI is InChI=1S/C12H15N5/c1-4-15-17(7-1)11-2-3-12(14-10-11)16-8-5-13-6-9-16/h1-4,7,10,13H,5-6,8-9H2. The van der Waals surface area contributed by atoms with Crippen LogP contribution in [-0.4, -0.2) is 40.9 Å². The van der Waals surface area contributed by atoms with Gasteiger partial charge < -0.3 is 10.2 Å². The van der Waals surface area contributed by atoms with Crippen LogP contribution in [0.4, 0.5) is 5.82 Å². The van der Waals surface area contributed by atoms with Crippen LogP contribution >= 0.6 is 0 Å². The highest BCUT2D eigenvalue weighted by Gasteiger charge is 2.11. The molecular formula is C12H15N5. The number of nitrogens with one attached hydrogen (secondary N) is 1. The second-order valence-corrected chi connectivity index (χ2v) is 4.06. The second-order valence-electron chi connectivity index (χ2n) is 4.06. The summed E-state index contributed by atoms with van der Waals surface area (Å²) in [7, 11) is 0. The SMILES string of the molecule is c1cnn(-c2ccc(N3CCNCC3)nc2)c1. The molecule has 0 radical (unpaired) electrons. The summed E-state index contributed by atoms with van der Waals surface area (Å²) < 4.78 is 1.81. The Morgan fingerprint density at radius 2 is 2.06 bits per heavy atom. The van der Waals surface area contributed by atoms with Gasteiger partial charge in [0.05, 0.1) is 11.9 Å². The average Bonchev–Trinajstić information content (AvgIpc) is 2.94. The van der Waals surface area contributed by atoms with Gasteiger partial charge in [-0.15, -0.1) is 0 Å². The fourth-order valence-electron chi connectivity index (χ4n) is 2.02. The van der Waals surface area contributed by atoms with Crippen molar-refractivity contribution in [3.8, 4) is 5.69 Å². The second kappa shape index (κ2) is 4.55. The zero-order chi connectivity index (χ0) is 11.5. The first-order valence-corrected chi connectivity index (χ1v) is 5.85. The molecule has 0 bridgehead atoms. The summed E-state index contributed by atoms with van der Waals surface area (Å²) in [6.45, 7) is 4.10. The van der Waals surface area contributed by atoms with Gasteiger partial charge in [0.15, 0.2) is 0 Å². The Kier molecular flexibility index (Phi) is 2.75. The Hall–Kier alpha value is -1.88. The van der Waals surface area contributed by atoms with E-state index in [1.54, 1.807) is 6.20 Å². The molecule has 0 aliphatic carbocycles. The monoisotopic (exact) mass is 229 g/mol. The van der Waals surface area contributed by atoms with Crippen molar-refractivity contribution in [1.29, 1.82) is 0 Å². The largest absolute Gasteiger partial charge is 0.354 e. The number of anilines is 1. The Morgan fingerprint density at radius 1 is 1.18 bits per heavy atom. The van der Waals surface area contributed by atoms with E-state index in [1.165, 1.54) is 0 Å². The topological polar surface area (TPSA) is 46.0 Å². The van der Waals surface area contributed by atoms with Gasteiger partial charge >= 0.3 is 0 Å². The predicted octanol–water partition coefficient (Wildman–Crippen LogP) is 0.677. The molecule has 1 aliphatic rings. The molecule has 3 rings (SSSR count). The van der Waals surface area contributed by atoms with Gasteiger partial charge in [0.1, 0.15) is 5.82 Å². The van der Waals surface area contributed by atoms with E-state index in [1.807, 2.05) is 23.1 Å². The number of aromatic nitrogens is 3. The maximum absolute atomic E-state index is 4.50. The molecule has 0 spiro atoms. The first-order chi connectivity index (χ1) is 8.43. The van der Waals surface area contributed by atoms with E-state index in [0.29, 0.717) is 0 Å². The Bertz CT molecular complexity index is 456. The molecule has 88 valence electrons. The van der Waals surface area contributed by atoms with Crippen molar-refractivity contribution in [2.45, 2.75) is 0 Å². The smallest absolute Gasteiger partial charge is 0.128 e. The number of piperazine rings is 1. The molecule has 1 N–H and O–H groups in total. The van der Waals surface area contributed by atoms with Gasteiger partial charge in [0.25, 0.3) is 0 Å². The first kappa shape index (κ1) is 10.3. The summed E-state index contributed by atoms with van der Waals surface area (Å²) in [6, 6.07) is 6.02. The summed E-state index contributed by atoms with van der Waals surface area (Å²) in [4.78, 5) is 6.79. The van der Waals surface area contributed by atoms with Crippen molar-refractivity contribution >= 4 is 5.82 Å². The minimum Gasteiger partial charge on any atom is -0.354 e. The van der Waals surface area contributed by atoms with Gasteiger partial charge in [-0.1, -0.05) is 0 Å². The number of hydrogen-bond acceptors (Lipinski definition) is 4. The van der Waals surface area contributed by atoms with E-state index >= 15 is 0 Å². The van der Waals surface area contributed by atoms with E-state index in [9.17, 15) is 0 Å². The van der Waals surface area contributed by atoms with Crippen LogP contribution in [-0.2, 0) is 0 Å². The third-order valence-corrected chi connectivity index (χ3v) is 2.94. The Labute approximate surface area is 100 Å². The average molecular weight is 229 g/mol. The van der Waals surface area contributed by atoms with Crippen LogP contribution in [0.3, 0.4) is 0 Å². The number of pyridine rings is 1. The highest BCUT2D eigenvalue weighted by molar-refractivity contribution is 5.43. The molecule has 0 atom stereocenters. The molecule has 0 saturated carbocycles. The van der Waals surface area contributed by atoms with Gasteiger partial charge in [-0.3, -0.25) is 0 Å². The van der Waals surface area contributed by atoms with E-state index in [0.717, 1.165) is 37.7 Å². The zero-order valence-corrected chi connectivity index (χ0v) is 9.58. The summed E-state index contributed by atoms with van der Waals surface area (Å²) in [5, 5.41) is 7.52. The van der Waals surface area contributed by atoms with E-state index < -0.39 is 0 Å². The molecule has 1 aliphatic heterocycles. The molecule has 2 aromatic rings. The van der Waals surface area contributed by atoms with Crippen molar-refractivity contribution in [2.24, 2.45) is 0 Å². The molecule has 1 saturated heterocycles. The van der Waals surface area contributed by atoms with E-state index in [2.05, 4.69) is 32.4 Å². The van der Waals surface area contributed by atoms with Crippen molar-refractivity contribution in [3.63, 3.8) is 0 Å². The summed E-state index contributed by atoms with van der Waals surface area (Å²) in [5.41, 5.74) is 0.994. The third-order valence-electron chi connectivity index (χ3n) is 2.94. The number of rotatable bonds is 2. The summed E-state index contributed by atoms with van der Waals surface area (Å²) in [6.07, 6.45) is 5.55. The van der Waals surface area contributed by atoms with Gasteiger partial charge in [-0.2, -0.15) is 5.10 Å². The van der Waals surface area contributed by atoms with Crippen LogP contribution in [0.15, 0.2) is 36.8 Å². The van der Waals surface area contributed by atoms with Crippen LogP contribution < -0.4 is 10.2 Å². The minimum absolute atomic E-state index is 0.994. The van der Waals surface area contributed by atoms with Crippen LogP contribution in [0, 0.1) is 0 Å². The molecule has 0 aromatic carbocycles. The highest BCUT2D eigenvalue weighted by atomic mass is 15.3. The fraction of sp³-hybridized carbons (Fsp3) is 0.333. The van der Waals surface area contributed by atoms with E-state index in [4.69, 9.17) is 0 Å². The van der Waals surface area contributed by atoms with Crippen LogP contribution in [0.1, 0.15) is 0 Å². The van der Waals surface area contributed by atoms with Crippen molar-refractivity contribution in [2.75, 3.05) is 31.1 Å². The first-order valence-electron chi connectivity index (χ1n) is 5.85. The zero-order valence-electron chi connectivity index (χ0n) is 9.58. The maximum atomic E-state index is 4.50. The maximum Gasteiger partial charge on any atom is 0.128 e. The number of hydrogen-bond donors (Lipinski definition) is 1.